The number of esters is 1. The number of nitrogens with two attached hydrogens (primary N) is 1. The van der Waals surface area contributed by atoms with Crippen LogP contribution >= 0.6 is 0 Å². The van der Waals surface area contributed by atoms with Gasteiger partial charge in [0.1, 0.15) is 0 Å². The average Bonchev–Trinajstić information content (AvgIpc) is 2.35. The molecule has 0 spiro atoms. The van der Waals surface area contributed by atoms with Crippen LogP contribution in [0.15, 0.2) is 0 Å². The van der Waals surface area contributed by atoms with Crippen molar-refractivity contribution in [2.75, 3.05) is 13.2 Å². The standard InChI is InChI=1S/C13H24N2O3/c1-3-18-13(17)9(2)8-15-12(16)10-5-4-6-11(14)7-10/h9-11H,3-8,14H2,1-2H3,(H,15,16). The van der Waals surface area contributed by atoms with Crippen molar-refractivity contribution < 1.29 is 14.3 Å². The van der Waals surface area contributed by atoms with Gasteiger partial charge in [-0.05, 0) is 26.2 Å². The summed E-state index contributed by atoms with van der Waals surface area (Å²) in [5.41, 5.74) is 5.85. The zero-order chi connectivity index (χ0) is 13.5. The van der Waals surface area contributed by atoms with Crippen molar-refractivity contribution in [1.29, 1.82) is 0 Å². The summed E-state index contributed by atoms with van der Waals surface area (Å²) >= 11 is 0. The van der Waals surface area contributed by atoms with Crippen LogP contribution in [0.2, 0.25) is 0 Å². The molecule has 0 radical (unpaired) electrons. The minimum atomic E-state index is -0.300. The highest BCUT2D eigenvalue weighted by Crippen LogP contribution is 2.23. The van der Waals surface area contributed by atoms with Crippen molar-refractivity contribution in [2.24, 2.45) is 17.6 Å². The predicted molar refractivity (Wildman–Crippen MR) is 68.7 cm³/mol. The molecule has 1 fully saturated rings. The van der Waals surface area contributed by atoms with Crippen LogP contribution in [0.3, 0.4) is 0 Å². The van der Waals surface area contributed by atoms with Gasteiger partial charge in [0.2, 0.25) is 5.91 Å². The lowest BCUT2D eigenvalue weighted by Crippen LogP contribution is -2.40. The molecule has 3 N–H and O–H groups in total. The lowest BCUT2D eigenvalue weighted by atomic mass is 9.85. The Morgan fingerprint density at radius 2 is 2.17 bits per heavy atom. The van der Waals surface area contributed by atoms with Gasteiger partial charge in [0.25, 0.3) is 0 Å². The van der Waals surface area contributed by atoms with Crippen LogP contribution in [0.1, 0.15) is 39.5 Å². The second kappa shape index (κ2) is 7.36. The van der Waals surface area contributed by atoms with Crippen LogP contribution in [-0.4, -0.2) is 31.1 Å². The summed E-state index contributed by atoms with van der Waals surface area (Å²) in [4.78, 5) is 23.3. The fourth-order valence-corrected chi connectivity index (χ4v) is 2.23. The van der Waals surface area contributed by atoms with E-state index in [9.17, 15) is 9.59 Å². The lowest BCUT2D eigenvalue weighted by molar-refractivity contribution is -0.147. The van der Waals surface area contributed by atoms with Crippen LogP contribution in [0, 0.1) is 11.8 Å². The topological polar surface area (TPSA) is 81.4 Å². The van der Waals surface area contributed by atoms with Gasteiger partial charge in [-0.3, -0.25) is 9.59 Å². The summed E-state index contributed by atoms with van der Waals surface area (Å²) < 4.78 is 4.89. The Morgan fingerprint density at radius 3 is 2.78 bits per heavy atom. The SMILES string of the molecule is CCOC(=O)C(C)CNC(=O)C1CCCC(N)C1. The van der Waals surface area contributed by atoms with Crippen molar-refractivity contribution in [1.82, 2.24) is 5.32 Å². The summed E-state index contributed by atoms with van der Waals surface area (Å²) in [5.74, 6) is -0.547. The highest BCUT2D eigenvalue weighted by atomic mass is 16.5. The molecule has 5 heteroatoms. The Labute approximate surface area is 108 Å². The molecule has 3 atom stereocenters. The van der Waals surface area contributed by atoms with E-state index in [1.165, 1.54) is 0 Å². The van der Waals surface area contributed by atoms with E-state index in [0.717, 1.165) is 25.7 Å². The molecular weight excluding hydrogens is 232 g/mol. The molecule has 0 aromatic carbocycles. The van der Waals surface area contributed by atoms with E-state index in [2.05, 4.69) is 5.32 Å². The summed E-state index contributed by atoms with van der Waals surface area (Å²) in [7, 11) is 0. The second-order valence-corrected chi connectivity index (χ2v) is 5.02. The molecule has 104 valence electrons. The first kappa shape index (κ1) is 15.0. The Bertz CT molecular complexity index is 294. The molecule has 3 unspecified atom stereocenters. The largest absolute Gasteiger partial charge is 0.466 e. The maximum atomic E-state index is 11.9. The molecule has 1 aliphatic carbocycles. The molecule has 0 aromatic heterocycles. The normalized spacial score (nSPS) is 25.3. The molecule has 0 aromatic rings. The van der Waals surface area contributed by atoms with E-state index in [1.54, 1.807) is 13.8 Å². The number of amides is 1. The third kappa shape index (κ3) is 4.64. The Morgan fingerprint density at radius 1 is 1.44 bits per heavy atom. The fourth-order valence-electron chi connectivity index (χ4n) is 2.23. The Kier molecular flexibility index (Phi) is 6.12. The van der Waals surface area contributed by atoms with Gasteiger partial charge in [0.05, 0.1) is 12.5 Å². The molecule has 5 nitrogen and oxygen atoms in total. The first-order chi connectivity index (χ1) is 8.54. The number of hydrogen-bond donors (Lipinski definition) is 2. The summed E-state index contributed by atoms with van der Waals surface area (Å²) in [6.07, 6.45) is 3.66. The van der Waals surface area contributed by atoms with Crippen molar-refractivity contribution in [2.45, 2.75) is 45.6 Å². The molecule has 1 rings (SSSR count). The van der Waals surface area contributed by atoms with Crippen molar-refractivity contribution in [3.63, 3.8) is 0 Å². The molecule has 1 amide bonds. The molecule has 0 aliphatic heterocycles. The van der Waals surface area contributed by atoms with Crippen LogP contribution in [0.5, 0.6) is 0 Å². The number of nitrogens with one attached hydrogen (secondary N) is 1. The van der Waals surface area contributed by atoms with E-state index in [4.69, 9.17) is 10.5 Å². The van der Waals surface area contributed by atoms with E-state index in [-0.39, 0.29) is 29.8 Å². The van der Waals surface area contributed by atoms with E-state index in [0.29, 0.717) is 13.2 Å². The van der Waals surface area contributed by atoms with Gasteiger partial charge in [0, 0.05) is 18.5 Å². The van der Waals surface area contributed by atoms with Gasteiger partial charge >= 0.3 is 5.97 Å². The molecule has 1 saturated carbocycles. The van der Waals surface area contributed by atoms with Crippen LogP contribution < -0.4 is 11.1 Å². The number of carbonyl (C=O) groups is 2. The van der Waals surface area contributed by atoms with Gasteiger partial charge in [-0.2, -0.15) is 0 Å². The average molecular weight is 256 g/mol. The van der Waals surface area contributed by atoms with E-state index >= 15 is 0 Å². The summed E-state index contributed by atoms with van der Waals surface area (Å²) in [6.45, 7) is 4.23. The predicted octanol–water partition coefficient (Wildman–Crippen LogP) is 0.819. The second-order valence-electron chi connectivity index (χ2n) is 5.02. The minimum Gasteiger partial charge on any atom is -0.466 e. The maximum absolute atomic E-state index is 11.9. The smallest absolute Gasteiger partial charge is 0.310 e. The van der Waals surface area contributed by atoms with E-state index in [1.807, 2.05) is 0 Å². The zero-order valence-electron chi connectivity index (χ0n) is 11.3. The van der Waals surface area contributed by atoms with Gasteiger partial charge in [-0.15, -0.1) is 0 Å². The molecule has 1 aliphatic rings. The van der Waals surface area contributed by atoms with Crippen LogP contribution in [-0.2, 0) is 14.3 Å². The fraction of sp³-hybridized carbons (Fsp3) is 0.846. The highest BCUT2D eigenvalue weighted by Gasteiger charge is 2.26. The summed E-state index contributed by atoms with van der Waals surface area (Å²) in [6, 6.07) is 0.136. The van der Waals surface area contributed by atoms with Gasteiger partial charge in [-0.25, -0.2) is 0 Å². The highest BCUT2D eigenvalue weighted by molar-refractivity contribution is 5.80. The molecular formula is C13H24N2O3. The van der Waals surface area contributed by atoms with E-state index < -0.39 is 0 Å². The quantitative estimate of drug-likeness (QED) is 0.714. The molecule has 0 heterocycles. The third-order valence-electron chi connectivity index (χ3n) is 3.36. The molecule has 0 bridgehead atoms. The number of carbonyl (C=O) groups excluding carboxylic acids is 2. The van der Waals surface area contributed by atoms with Gasteiger partial charge in [-0.1, -0.05) is 13.3 Å². The number of rotatable bonds is 5. The Hall–Kier alpha value is -1.10. The molecule has 0 saturated heterocycles. The number of ether oxygens (including phenoxy) is 1. The minimum absolute atomic E-state index is 0.00291. The Balaban J connectivity index is 2.29. The monoisotopic (exact) mass is 256 g/mol. The maximum Gasteiger partial charge on any atom is 0.310 e. The lowest BCUT2D eigenvalue weighted by Gasteiger charge is -2.26. The van der Waals surface area contributed by atoms with Crippen molar-refractivity contribution in [3.8, 4) is 0 Å². The number of hydrogen-bond acceptors (Lipinski definition) is 4. The van der Waals surface area contributed by atoms with Crippen LogP contribution in [0.4, 0.5) is 0 Å². The van der Waals surface area contributed by atoms with Gasteiger partial charge < -0.3 is 15.8 Å². The van der Waals surface area contributed by atoms with Crippen molar-refractivity contribution >= 4 is 11.9 Å². The first-order valence-electron chi connectivity index (χ1n) is 6.74. The summed E-state index contributed by atoms with van der Waals surface area (Å²) in [5, 5.41) is 2.82. The van der Waals surface area contributed by atoms with Crippen molar-refractivity contribution in [3.05, 3.63) is 0 Å². The van der Waals surface area contributed by atoms with Crippen LogP contribution in [0.25, 0.3) is 0 Å². The third-order valence-corrected chi connectivity index (χ3v) is 3.36. The zero-order valence-corrected chi connectivity index (χ0v) is 11.3. The van der Waals surface area contributed by atoms with Gasteiger partial charge in [0.15, 0.2) is 0 Å². The first-order valence-corrected chi connectivity index (χ1v) is 6.74. The molecule has 18 heavy (non-hydrogen) atoms.